The summed E-state index contributed by atoms with van der Waals surface area (Å²) < 4.78 is 0. The predicted molar refractivity (Wildman–Crippen MR) is 71.1 cm³/mol. The summed E-state index contributed by atoms with van der Waals surface area (Å²) in [7, 11) is 4.02. The van der Waals surface area contributed by atoms with Crippen molar-refractivity contribution in [2.45, 2.75) is 27.2 Å². The molecule has 1 aromatic rings. The Morgan fingerprint density at radius 1 is 1.31 bits per heavy atom. The van der Waals surface area contributed by atoms with Crippen LogP contribution in [0.1, 0.15) is 27.2 Å². The Bertz CT molecular complexity index is 326. The van der Waals surface area contributed by atoms with Gasteiger partial charge < -0.3 is 10.2 Å². The van der Waals surface area contributed by atoms with Crippen LogP contribution in [-0.2, 0) is 0 Å². The number of nitrogens with zero attached hydrogens (tertiary/aromatic N) is 2. The van der Waals surface area contributed by atoms with Gasteiger partial charge in [0.15, 0.2) is 5.82 Å². The van der Waals surface area contributed by atoms with Crippen LogP contribution in [0.4, 0.5) is 11.5 Å². The highest BCUT2D eigenvalue weighted by Gasteiger charge is 2.10. The van der Waals surface area contributed by atoms with E-state index in [4.69, 9.17) is 0 Å². The summed E-state index contributed by atoms with van der Waals surface area (Å²) in [6.07, 6.45) is 2.97. The molecule has 3 nitrogen and oxygen atoms in total. The minimum atomic E-state index is 0.369. The van der Waals surface area contributed by atoms with Gasteiger partial charge in [-0.1, -0.05) is 20.8 Å². The van der Waals surface area contributed by atoms with Gasteiger partial charge in [0.2, 0.25) is 0 Å². The smallest absolute Gasteiger partial charge is 0.151 e. The third-order valence-corrected chi connectivity index (χ3v) is 2.40. The first kappa shape index (κ1) is 12.8. The second-order valence-corrected chi connectivity index (χ2v) is 5.51. The monoisotopic (exact) mass is 221 g/mol. The largest absolute Gasteiger partial charge is 0.382 e. The molecule has 0 fully saturated rings. The van der Waals surface area contributed by atoms with E-state index in [9.17, 15) is 0 Å². The molecule has 1 rings (SSSR count). The summed E-state index contributed by atoms with van der Waals surface area (Å²) >= 11 is 0. The van der Waals surface area contributed by atoms with E-state index in [0.29, 0.717) is 5.41 Å². The lowest BCUT2D eigenvalue weighted by Crippen LogP contribution is -2.16. The van der Waals surface area contributed by atoms with Gasteiger partial charge in [-0.3, -0.25) is 0 Å². The van der Waals surface area contributed by atoms with Crippen LogP contribution in [-0.4, -0.2) is 25.6 Å². The SMILES string of the molecule is CN(C)c1ncccc1NCCC(C)(C)C. The molecule has 0 unspecified atom stereocenters. The minimum absolute atomic E-state index is 0.369. The van der Waals surface area contributed by atoms with Crippen molar-refractivity contribution in [1.29, 1.82) is 0 Å². The number of pyridine rings is 1. The molecular formula is C13H23N3. The normalized spacial score (nSPS) is 11.3. The highest BCUT2D eigenvalue weighted by molar-refractivity contribution is 5.64. The maximum absolute atomic E-state index is 4.36. The number of anilines is 2. The lowest BCUT2D eigenvalue weighted by Gasteiger charge is -2.21. The number of nitrogens with one attached hydrogen (secondary N) is 1. The molecule has 0 aliphatic carbocycles. The maximum atomic E-state index is 4.36. The van der Waals surface area contributed by atoms with Gasteiger partial charge in [0.05, 0.1) is 5.69 Å². The Hall–Kier alpha value is -1.25. The zero-order valence-electron chi connectivity index (χ0n) is 11.0. The van der Waals surface area contributed by atoms with Crippen LogP contribution >= 0.6 is 0 Å². The Balaban J connectivity index is 2.60. The summed E-state index contributed by atoms with van der Waals surface area (Å²) in [5.41, 5.74) is 1.48. The number of hydrogen-bond donors (Lipinski definition) is 1. The van der Waals surface area contributed by atoms with Crippen LogP contribution in [0, 0.1) is 5.41 Å². The first-order chi connectivity index (χ1) is 7.40. The fraction of sp³-hybridized carbons (Fsp3) is 0.615. The topological polar surface area (TPSA) is 28.2 Å². The fourth-order valence-corrected chi connectivity index (χ4v) is 1.46. The van der Waals surface area contributed by atoms with E-state index in [-0.39, 0.29) is 0 Å². The molecular weight excluding hydrogens is 198 g/mol. The van der Waals surface area contributed by atoms with Crippen molar-refractivity contribution in [1.82, 2.24) is 4.98 Å². The Kier molecular flexibility index (Phi) is 4.16. The predicted octanol–water partition coefficient (Wildman–Crippen LogP) is 3.00. The first-order valence-corrected chi connectivity index (χ1v) is 5.76. The molecule has 0 saturated carbocycles. The van der Waals surface area contributed by atoms with E-state index in [0.717, 1.165) is 24.5 Å². The summed E-state index contributed by atoms with van der Waals surface area (Å²) in [6.45, 7) is 7.75. The lowest BCUT2D eigenvalue weighted by atomic mass is 9.92. The molecule has 1 aromatic heterocycles. The van der Waals surface area contributed by atoms with Gasteiger partial charge >= 0.3 is 0 Å². The van der Waals surface area contributed by atoms with Crippen LogP contribution in [0.3, 0.4) is 0 Å². The van der Waals surface area contributed by atoms with Gasteiger partial charge in [0.25, 0.3) is 0 Å². The average Bonchev–Trinajstić information content (AvgIpc) is 2.16. The van der Waals surface area contributed by atoms with Crippen LogP contribution in [0.2, 0.25) is 0 Å². The van der Waals surface area contributed by atoms with Crippen molar-refractivity contribution in [3.63, 3.8) is 0 Å². The second-order valence-electron chi connectivity index (χ2n) is 5.51. The highest BCUT2D eigenvalue weighted by atomic mass is 15.2. The molecule has 0 aliphatic rings. The fourth-order valence-electron chi connectivity index (χ4n) is 1.46. The second kappa shape index (κ2) is 5.19. The molecule has 90 valence electrons. The Morgan fingerprint density at radius 3 is 2.56 bits per heavy atom. The molecule has 0 amide bonds. The molecule has 0 bridgehead atoms. The summed E-state index contributed by atoms with van der Waals surface area (Å²) in [6, 6.07) is 4.04. The van der Waals surface area contributed by atoms with E-state index in [1.54, 1.807) is 0 Å². The minimum Gasteiger partial charge on any atom is -0.382 e. The Labute approximate surface area is 98.9 Å². The van der Waals surface area contributed by atoms with Crippen LogP contribution in [0.5, 0.6) is 0 Å². The maximum Gasteiger partial charge on any atom is 0.151 e. The number of aromatic nitrogens is 1. The van der Waals surface area contributed by atoms with Crippen LogP contribution in [0.25, 0.3) is 0 Å². The first-order valence-electron chi connectivity index (χ1n) is 5.76. The molecule has 1 heterocycles. The average molecular weight is 221 g/mol. The van der Waals surface area contributed by atoms with E-state index in [2.05, 4.69) is 37.1 Å². The summed E-state index contributed by atoms with van der Waals surface area (Å²) in [4.78, 5) is 6.38. The van der Waals surface area contributed by atoms with Gasteiger partial charge in [-0.25, -0.2) is 4.98 Å². The molecule has 0 aromatic carbocycles. The third-order valence-electron chi connectivity index (χ3n) is 2.40. The third kappa shape index (κ3) is 4.09. The van der Waals surface area contributed by atoms with Gasteiger partial charge in [-0.15, -0.1) is 0 Å². The van der Waals surface area contributed by atoms with E-state index in [1.807, 2.05) is 31.3 Å². The lowest BCUT2D eigenvalue weighted by molar-refractivity contribution is 0.390. The molecule has 1 N–H and O–H groups in total. The molecule has 0 saturated heterocycles. The Morgan fingerprint density at radius 2 is 2.00 bits per heavy atom. The highest BCUT2D eigenvalue weighted by Crippen LogP contribution is 2.22. The van der Waals surface area contributed by atoms with Crippen molar-refractivity contribution in [2.75, 3.05) is 30.9 Å². The van der Waals surface area contributed by atoms with Gasteiger partial charge in [-0.05, 0) is 24.0 Å². The van der Waals surface area contributed by atoms with E-state index >= 15 is 0 Å². The molecule has 0 atom stereocenters. The molecule has 0 radical (unpaired) electrons. The molecule has 3 heteroatoms. The van der Waals surface area contributed by atoms with Crippen molar-refractivity contribution < 1.29 is 0 Å². The number of rotatable bonds is 4. The van der Waals surface area contributed by atoms with Crippen LogP contribution in [0.15, 0.2) is 18.3 Å². The summed E-state index contributed by atoms with van der Waals surface area (Å²) in [5.74, 6) is 0.997. The quantitative estimate of drug-likeness (QED) is 0.847. The number of hydrogen-bond acceptors (Lipinski definition) is 3. The van der Waals surface area contributed by atoms with Gasteiger partial charge in [0, 0.05) is 26.8 Å². The van der Waals surface area contributed by atoms with E-state index < -0.39 is 0 Å². The van der Waals surface area contributed by atoms with Crippen molar-refractivity contribution in [3.05, 3.63) is 18.3 Å². The molecule has 16 heavy (non-hydrogen) atoms. The zero-order chi connectivity index (χ0) is 12.2. The van der Waals surface area contributed by atoms with Crippen molar-refractivity contribution >= 4 is 11.5 Å². The van der Waals surface area contributed by atoms with Crippen LogP contribution < -0.4 is 10.2 Å². The molecule has 0 spiro atoms. The molecule has 0 aliphatic heterocycles. The van der Waals surface area contributed by atoms with E-state index in [1.165, 1.54) is 0 Å². The van der Waals surface area contributed by atoms with Crippen molar-refractivity contribution in [2.24, 2.45) is 5.41 Å². The standard InChI is InChI=1S/C13H23N3/c1-13(2,3)8-10-14-11-7-6-9-15-12(11)16(4)5/h6-7,9,14H,8,10H2,1-5H3. The van der Waals surface area contributed by atoms with Gasteiger partial charge in [0.1, 0.15) is 0 Å². The van der Waals surface area contributed by atoms with Crippen molar-refractivity contribution in [3.8, 4) is 0 Å². The summed E-state index contributed by atoms with van der Waals surface area (Å²) in [5, 5.41) is 3.45. The zero-order valence-corrected chi connectivity index (χ0v) is 11.0. The van der Waals surface area contributed by atoms with Gasteiger partial charge in [-0.2, -0.15) is 0 Å².